The summed E-state index contributed by atoms with van der Waals surface area (Å²) in [7, 11) is 0. The van der Waals surface area contributed by atoms with E-state index in [0.717, 1.165) is 24.2 Å². The minimum Gasteiger partial charge on any atom is -0.257 e. The van der Waals surface area contributed by atoms with Gasteiger partial charge in [0.25, 0.3) is 0 Å². The Hall–Kier alpha value is -1.96. The lowest BCUT2D eigenvalue weighted by molar-refractivity contribution is 0.874. The first-order valence-electron chi connectivity index (χ1n) is 6.48. The Morgan fingerprint density at radius 1 is 1.06 bits per heavy atom. The Morgan fingerprint density at radius 2 is 1.83 bits per heavy atom. The molecular formula is C16H16N2. The Bertz CT molecular complexity index is 585. The molecular weight excluding hydrogens is 220 g/mol. The molecule has 2 heteroatoms. The first-order chi connectivity index (χ1) is 8.90. The minimum atomic E-state index is 0.960. The van der Waals surface area contributed by atoms with E-state index < -0.39 is 0 Å². The Balaban J connectivity index is 2.14. The molecule has 1 aliphatic rings. The lowest BCUT2D eigenvalue weighted by Gasteiger charge is -2.07. The molecule has 2 nitrogen and oxygen atoms in total. The number of hydrogen-bond acceptors (Lipinski definition) is 2. The fourth-order valence-electron chi connectivity index (χ4n) is 2.62. The van der Waals surface area contributed by atoms with Gasteiger partial charge < -0.3 is 0 Å². The van der Waals surface area contributed by atoms with Crippen molar-refractivity contribution in [3.05, 3.63) is 65.2 Å². The topological polar surface area (TPSA) is 25.8 Å². The van der Waals surface area contributed by atoms with E-state index in [2.05, 4.69) is 47.2 Å². The predicted molar refractivity (Wildman–Crippen MR) is 73.1 cm³/mol. The molecule has 0 aliphatic heterocycles. The molecule has 0 N–H and O–H groups in total. The molecule has 0 bridgehead atoms. The van der Waals surface area contributed by atoms with Crippen LogP contribution in [0.15, 0.2) is 48.3 Å². The molecule has 0 unspecified atom stereocenters. The number of aromatic nitrogens is 2. The highest BCUT2D eigenvalue weighted by Gasteiger charge is 2.23. The summed E-state index contributed by atoms with van der Waals surface area (Å²) in [5.74, 6) is 0. The van der Waals surface area contributed by atoms with Gasteiger partial charge in [0.05, 0.1) is 11.4 Å². The third kappa shape index (κ3) is 1.84. The number of rotatable bonds is 3. The molecule has 0 atom stereocenters. The molecule has 1 aromatic carbocycles. The molecule has 90 valence electrons. The summed E-state index contributed by atoms with van der Waals surface area (Å²) < 4.78 is 0. The highest BCUT2D eigenvalue weighted by molar-refractivity contribution is 5.84. The van der Waals surface area contributed by atoms with Crippen molar-refractivity contribution in [1.29, 1.82) is 0 Å². The van der Waals surface area contributed by atoms with Crippen molar-refractivity contribution in [1.82, 2.24) is 9.97 Å². The number of fused-ring (bicyclic) bond motifs is 1. The third-order valence-electron chi connectivity index (χ3n) is 3.36. The summed E-state index contributed by atoms with van der Waals surface area (Å²) in [6, 6.07) is 10.5. The minimum absolute atomic E-state index is 0.960. The van der Waals surface area contributed by atoms with Gasteiger partial charge in [-0.3, -0.25) is 9.97 Å². The van der Waals surface area contributed by atoms with Crippen LogP contribution in [0.5, 0.6) is 0 Å². The molecule has 0 saturated heterocycles. The van der Waals surface area contributed by atoms with Crippen molar-refractivity contribution in [2.45, 2.75) is 26.2 Å². The SMILES string of the molecule is CCCC1=C(c2ccccc2)c2nccnc2C1. The van der Waals surface area contributed by atoms with Gasteiger partial charge in [-0.1, -0.05) is 49.2 Å². The van der Waals surface area contributed by atoms with Crippen molar-refractivity contribution >= 4 is 5.57 Å². The van der Waals surface area contributed by atoms with Gasteiger partial charge >= 0.3 is 0 Å². The first kappa shape index (κ1) is 11.1. The Morgan fingerprint density at radius 3 is 2.61 bits per heavy atom. The van der Waals surface area contributed by atoms with Gasteiger partial charge in [0.2, 0.25) is 0 Å². The van der Waals surface area contributed by atoms with Crippen LogP contribution in [0.4, 0.5) is 0 Å². The molecule has 1 heterocycles. The molecule has 3 rings (SSSR count). The summed E-state index contributed by atoms with van der Waals surface area (Å²) in [5, 5.41) is 0. The van der Waals surface area contributed by atoms with E-state index in [-0.39, 0.29) is 0 Å². The fourth-order valence-corrected chi connectivity index (χ4v) is 2.62. The van der Waals surface area contributed by atoms with Crippen molar-refractivity contribution in [3.8, 4) is 0 Å². The van der Waals surface area contributed by atoms with E-state index >= 15 is 0 Å². The number of allylic oxidation sites excluding steroid dienone is 1. The van der Waals surface area contributed by atoms with Crippen molar-refractivity contribution < 1.29 is 0 Å². The normalized spacial score (nSPS) is 13.8. The zero-order valence-corrected chi connectivity index (χ0v) is 10.6. The summed E-state index contributed by atoms with van der Waals surface area (Å²) in [5.41, 5.74) is 6.25. The zero-order valence-electron chi connectivity index (χ0n) is 10.6. The average molecular weight is 236 g/mol. The highest BCUT2D eigenvalue weighted by atomic mass is 14.8. The highest BCUT2D eigenvalue weighted by Crippen LogP contribution is 2.36. The van der Waals surface area contributed by atoms with Gasteiger partial charge in [0.1, 0.15) is 0 Å². The quantitative estimate of drug-likeness (QED) is 0.813. The second-order valence-electron chi connectivity index (χ2n) is 4.62. The third-order valence-corrected chi connectivity index (χ3v) is 3.36. The maximum Gasteiger partial charge on any atom is 0.0926 e. The second-order valence-corrected chi connectivity index (χ2v) is 4.62. The van der Waals surface area contributed by atoms with Crippen LogP contribution >= 0.6 is 0 Å². The van der Waals surface area contributed by atoms with Gasteiger partial charge in [-0.2, -0.15) is 0 Å². The average Bonchev–Trinajstić information content (AvgIpc) is 2.78. The Labute approximate surface area is 107 Å². The summed E-state index contributed by atoms with van der Waals surface area (Å²) in [6.07, 6.45) is 6.83. The molecule has 1 aliphatic carbocycles. The zero-order chi connectivity index (χ0) is 12.4. The van der Waals surface area contributed by atoms with Crippen molar-refractivity contribution in [3.63, 3.8) is 0 Å². The molecule has 0 spiro atoms. The van der Waals surface area contributed by atoms with Crippen LogP contribution < -0.4 is 0 Å². The van der Waals surface area contributed by atoms with Gasteiger partial charge in [-0.05, 0) is 12.0 Å². The van der Waals surface area contributed by atoms with E-state index in [1.807, 2.05) is 0 Å². The molecule has 0 fully saturated rings. The van der Waals surface area contributed by atoms with Crippen LogP contribution in [0, 0.1) is 0 Å². The van der Waals surface area contributed by atoms with Crippen molar-refractivity contribution in [2.75, 3.05) is 0 Å². The molecule has 18 heavy (non-hydrogen) atoms. The van der Waals surface area contributed by atoms with Crippen LogP contribution in [0.1, 0.15) is 36.7 Å². The largest absolute Gasteiger partial charge is 0.257 e. The molecule has 0 saturated carbocycles. The van der Waals surface area contributed by atoms with Crippen molar-refractivity contribution in [2.24, 2.45) is 0 Å². The van der Waals surface area contributed by atoms with Gasteiger partial charge in [0, 0.05) is 24.4 Å². The van der Waals surface area contributed by atoms with E-state index in [4.69, 9.17) is 0 Å². The Kier molecular flexibility index (Phi) is 2.93. The maximum absolute atomic E-state index is 4.53. The standard InChI is InChI=1S/C16H16N2/c1-2-6-13-11-14-16(18-10-9-17-14)15(13)12-7-4-3-5-8-12/h3-5,7-10H,2,6,11H2,1H3. The fraction of sp³-hybridized carbons (Fsp3) is 0.250. The van der Waals surface area contributed by atoms with Gasteiger partial charge in [-0.15, -0.1) is 0 Å². The van der Waals surface area contributed by atoms with Crippen LogP contribution in [0.25, 0.3) is 5.57 Å². The molecule has 2 aromatic rings. The lowest BCUT2D eigenvalue weighted by atomic mass is 9.99. The number of benzene rings is 1. The van der Waals surface area contributed by atoms with Gasteiger partial charge in [-0.25, -0.2) is 0 Å². The molecule has 1 aromatic heterocycles. The first-order valence-corrected chi connectivity index (χ1v) is 6.48. The summed E-state index contributed by atoms with van der Waals surface area (Å²) >= 11 is 0. The molecule has 0 amide bonds. The molecule has 0 radical (unpaired) electrons. The summed E-state index contributed by atoms with van der Waals surface area (Å²) in [6.45, 7) is 2.22. The summed E-state index contributed by atoms with van der Waals surface area (Å²) in [4.78, 5) is 8.99. The number of nitrogens with zero attached hydrogens (tertiary/aromatic N) is 2. The predicted octanol–water partition coefficient (Wildman–Crippen LogP) is 3.63. The van der Waals surface area contributed by atoms with Gasteiger partial charge in [0.15, 0.2) is 0 Å². The van der Waals surface area contributed by atoms with Crippen LogP contribution in [0.2, 0.25) is 0 Å². The monoisotopic (exact) mass is 236 g/mol. The van der Waals surface area contributed by atoms with Crippen LogP contribution in [-0.2, 0) is 6.42 Å². The van der Waals surface area contributed by atoms with E-state index in [0.29, 0.717) is 0 Å². The van der Waals surface area contributed by atoms with Crippen LogP contribution in [0.3, 0.4) is 0 Å². The van der Waals surface area contributed by atoms with Crippen LogP contribution in [-0.4, -0.2) is 9.97 Å². The number of hydrogen-bond donors (Lipinski definition) is 0. The maximum atomic E-state index is 4.53. The lowest BCUT2D eigenvalue weighted by Crippen LogP contribution is -1.93. The van der Waals surface area contributed by atoms with E-state index in [1.54, 1.807) is 12.4 Å². The second kappa shape index (κ2) is 4.73. The van der Waals surface area contributed by atoms with E-state index in [9.17, 15) is 0 Å². The smallest absolute Gasteiger partial charge is 0.0926 e. The van der Waals surface area contributed by atoms with E-state index in [1.165, 1.54) is 23.1 Å².